The molecular weight excluding hydrogens is 326 g/mol. The monoisotopic (exact) mass is 353 g/mol. The molecule has 9 heteroatoms. The van der Waals surface area contributed by atoms with Gasteiger partial charge in [-0.05, 0) is 12.5 Å². The Morgan fingerprint density at radius 2 is 1.92 bits per heavy atom. The van der Waals surface area contributed by atoms with E-state index in [1.807, 2.05) is 0 Å². The van der Waals surface area contributed by atoms with Crippen molar-refractivity contribution >= 4 is 17.3 Å². The number of anilines is 1. The molecule has 1 aromatic rings. The van der Waals surface area contributed by atoms with Gasteiger partial charge in [-0.25, -0.2) is 0 Å². The minimum absolute atomic E-state index is 0.0680. The summed E-state index contributed by atoms with van der Waals surface area (Å²) in [6.07, 6.45) is 0.860. The number of hydrogen-bond donors (Lipinski definition) is 3. The van der Waals surface area contributed by atoms with Crippen LogP contribution in [0.2, 0.25) is 0 Å². The normalized spacial score (nSPS) is 11.2. The van der Waals surface area contributed by atoms with Gasteiger partial charge < -0.3 is 25.4 Å². The van der Waals surface area contributed by atoms with E-state index in [1.165, 1.54) is 6.07 Å². The van der Waals surface area contributed by atoms with Crippen molar-refractivity contribution in [3.63, 3.8) is 0 Å². The summed E-state index contributed by atoms with van der Waals surface area (Å²) < 4.78 is 10.3. The number of nitro groups is 1. The summed E-state index contributed by atoms with van der Waals surface area (Å²) in [7, 11) is 3.34. The second kappa shape index (κ2) is 13.0. The maximum absolute atomic E-state index is 10.9. The summed E-state index contributed by atoms with van der Waals surface area (Å²) in [6, 6.07) is 6.57. The molecule has 0 aliphatic carbocycles. The molecular formula is C16H27N5O4. The first-order valence-electron chi connectivity index (χ1n) is 8.17. The Morgan fingerprint density at radius 3 is 2.64 bits per heavy atom. The van der Waals surface area contributed by atoms with Crippen LogP contribution in [0.3, 0.4) is 0 Å². The third-order valence-electron chi connectivity index (χ3n) is 3.25. The van der Waals surface area contributed by atoms with E-state index < -0.39 is 4.92 Å². The zero-order chi connectivity index (χ0) is 18.3. The maximum Gasteiger partial charge on any atom is 0.292 e. The predicted octanol–water partition coefficient (Wildman–Crippen LogP) is 1.22. The van der Waals surface area contributed by atoms with Crippen molar-refractivity contribution in [1.82, 2.24) is 10.6 Å². The van der Waals surface area contributed by atoms with Gasteiger partial charge in [0.1, 0.15) is 5.69 Å². The SMILES string of the molecule is CN=C(NCCCOCCOC)NCCNc1ccccc1[N+](=O)[O-]. The number of nitrogens with one attached hydrogen (secondary N) is 3. The van der Waals surface area contributed by atoms with Crippen LogP contribution in [0.25, 0.3) is 0 Å². The lowest BCUT2D eigenvalue weighted by atomic mass is 10.2. The Kier molecular flexibility index (Phi) is 10.7. The zero-order valence-electron chi connectivity index (χ0n) is 14.8. The first-order chi connectivity index (χ1) is 12.2. The van der Waals surface area contributed by atoms with Gasteiger partial charge in [0.15, 0.2) is 5.96 Å². The summed E-state index contributed by atoms with van der Waals surface area (Å²) in [5, 5.41) is 20.3. The van der Waals surface area contributed by atoms with E-state index in [0.717, 1.165) is 13.0 Å². The van der Waals surface area contributed by atoms with Crippen molar-refractivity contribution < 1.29 is 14.4 Å². The third kappa shape index (κ3) is 8.87. The molecule has 0 unspecified atom stereocenters. The number of aliphatic imine (C=N–C) groups is 1. The van der Waals surface area contributed by atoms with Crippen molar-refractivity contribution in [3.8, 4) is 0 Å². The second-order valence-corrected chi connectivity index (χ2v) is 5.09. The van der Waals surface area contributed by atoms with Crippen LogP contribution in [0.15, 0.2) is 29.3 Å². The van der Waals surface area contributed by atoms with Crippen LogP contribution in [0.5, 0.6) is 0 Å². The summed E-state index contributed by atoms with van der Waals surface area (Å²) in [4.78, 5) is 14.7. The van der Waals surface area contributed by atoms with E-state index >= 15 is 0 Å². The highest BCUT2D eigenvalue weighted by atomic mass is 16.6. The topological polar surface area (TPSA) is 110 Å². The molecule has 25 heavy (non-hydrogen) atoms. The van der Waals surface area contributed by atoms with Gasteiger partial charge in [0, 0.05) is 46.5 Å². The van der Waals surface area contributed by atoms with Crippen LogP contribution < -0.4 is 16.0 Å². The number of hydrogen-bond acceptors (Lipinski definition) is 6. The fourth-order valence-corrected chi connectivity index (χ4v) is 2.01. The summed E-state index contributed by atoms with van der Waals surface area (Å²) in [6.45, 7) is 3.71. The standard InChI is InChI=1S/C16H27N5O4/c1-17-16(19-8-5-11-25-13-12-24-2)20-10-9-18-14-6-3-4-7-15(14)21(22)23/h3-4,6-7,18H,5,8-13H2,1-2H3,(H2,17,19,20). The molecule has 1 aromatic carbocycles. The van der Waals surface area contributed by atoms with Crippen molar-refractivity contribution in [2.24, 2.45) is 4.99 Å². The lowest BCUT2D eigenvalue weighted by molar-refractivity contribution is -0.384. The molecule has 0 saturated heterocycles. The maximum atomic E-state index is 10.9. The van der Waals surface area contributed by atoms with Crippen LogP contribution in [-0.4, -0.2) is 64.5 Å². The van der Waals surface area contributed by atoms with Gasteiger partial charge in [0.05, 0.1) is 18.1 Å². The molecule has 0 fully saturated rings. The lowest BCUT2D eigenvalue weighted by Crippen LogP contribution is -2.40. The highest BCUT2D eigenvalue weighted by molar-refractivity contribution is 5.79. The summed E-state index contributed by atoms with van der Waals surface area (Å²) >= 11 is 0. The van der Waals surface area contributed by atoms with Gasteiger partial charge in [-0.1, -0.05) is 12.1 Å². The Labute approximate surface area is 148 Å². The quantitative estimate of drug-likeness (QED) is 0.170. The molecule has 0 bridgehead atoms. The Balaban J connectivity index is 2.18. The molecule has 0 aliphatic rings. The minimum atomic E-state index is -0.398. The molecule has 0 radical (unpaired) electrons. The predicted molar refractivity (Wildman–Crippen MR) is 98.3 cm³/mol. The highest BCUT2D eigenvalue weighted by Gasteiger charge is 2.11. The lowest BCUT2D eigenvalue weighted by Gasteiger charge is -2.13. The zero-order valence-corrected chi connectivity index (χ0v) is 14.8. The number of guanidine groups is 1. The number of benzene rings is 1. The molecule has 3 N–H and O–H groups in total. The molecule has 0 aromatic heterocycles. The Hall–Kier alpha value is -2.39. The number of para-hydroxylation sites is 2. The number of ether oxygens (including phenoxy) is 2. The van der Waals surface area contributed by atoms with Crippen LogP contribution in [0.1, 0.15) is 6.42 Å². The molecule has 1 rings (SSSR count). The van der Waals surface area contributed by atoms with E-state index in [0.29, 0.717) is 44.6 Å². The summed E-state index contributed by atoms with van der Waals surface area (Å²) in [5.74, 6) is 0.682. The summed E-state index contributed by atoms with van der Waals surface area (Å²) in [5.41, 5.74) is 0.573. The largest absolute Gasteiger partial charge is 0.382 e. The average Bonchev–Trinajstić information content (AvgIpc) is 2.62. The average molecular weight is 353 g/mol. The van der Waals surface area contributed by atoms with E-state index in [1.54, 1.807) is 32.4 Å². The van der Waals surface area contributed by atoms with Crippen LogP contribution in [0.4, 0.5) is 11.4 Å². The first-order valence-corrected chi connectivity index (χ1v) is 8.17. The minimum Gasteiger partial charge on any atom is -0.382 e. The molecule has 140 valence electrons. The van der Waals surface area contributed by atoms with E-state index in [4.69, 9.17) is 9.47 Å². The third-order valence-corrected chi connectivity index (χ3v) is 3.25. The fourth-order valence-electron chi connectivity index (χ4n) is 2.01. The number of rotatable bonds is 12. The van der Waals surface area contributed by atoms with E-state index in [9.17, 15) is 10.1 Å². The number of nitro benzene ring substituents is 1. The molecule has 0 aliphatic heterocycles. The van der Waals surface area contributed by atoms with Gasteiger partial charge in [-0.3, -0.25) is 15.1 Å². The van der Waals surface area contributed by atoms with Gasteiger partial charge in [-0.15, -0.1) is 0 Å². The molecule has 0 saturated carbocycles. The molecule has 0 atom stereocenters. The molecule has 0 spiro atoms. The van der Waals surface area contributed by atoms with Crippen molar-refractivity contribution in [3.05, 3.63) is 34.4 Å². The molecule has 0 amide bonds. The van der Waals surface area contributed by atoms with Gasteiger partial charge in [-0.2, -0.15) is 0 Å². The Bertz CT molecular complexity index is 539. The van der Waals surface area contributed by atoms with Crippen LogP contribution in [0, 0.1) is 10.1 Å². The number of methoxy groups -OCH3 is 1. The van der Waals surface area contributed by atoms with E-state index in [-0.39, 0.29) is 5.69 Å². The molecule has 9 nitrogen and oxygen atoms in total. The van der Waals surface area contributed by atoms with Crippen molar-refractivity contribution in [2.45, 2.75) is 6.42 Å². The number of nitrogens with zero attached hydrogens (tertiary/aromatic N) is 2. The smallest absolute Gasteiger partial charge is 0.292 e. The molecule has 0 heterocycles. The fraction of sp³-hybridized carbons (Fsp3) is 0.562. The van der Waals surface area contributed by atoms with Gasteiger partial charge in [0.2, 0.25) is 0 Å². The van der Waals surface area contributed by atoms with Crippen molar-refractivity contribution in [1.29, 1.82) is 0 Å². The van der Waals surface area contributed by atoms with Crippen molar-refractivity contribution in [2.75, 3.05) is 58.9 Å². The first kappa shape index (κ1) is 20.7. The van der Waals surface area contributed by atoms with Crippen LogP contribution in [-0.2, 0) is 9.47 Å². The second-order valence-electron chi connectivity index (χ2n) is 5.09. The van der Waals surface area contributed by atoms with E-state index in [2.05, 4.69) is 20.9 Å². The van der Waals surface area contributed by atoms with Gasteiger partial charge >= 0.3 is 0 Å². The highest BCUT2D eigenvalue weighted by Crippen LogP contribution is 2.22. The Morgan fingerprint density at radius 1 is 1.16 bits per heavy atom. The van der Waals surface area contributed by atoms with Crippen LogP contribution >= 0.6 is 0 Å². The van der Waals surface area contributed by atoms with Gasteiger partial charge in [0.25, 0.3) is 5.69 Å².